The number of nitrogens with zero attached hydrogens (tertiary/aromatic N) is 2. The normalized spacial score (nSPS) is 10.7. The minimum Gasteiger partial charge on any atom is -0.504 e. The Balaban J connectivity index is 2.10. The van der Waals surface area contributed by atoms with Crippen LogP contribution in [0, 0.1) is 6.92 Å². The Bertz CT molecular complexity index is 826. The van der Waals surface area contributed by atoms with Gasteiger partial charge in [0.1, 0.15) is 0 Å². The van der Waals surface area contributed by atoms with Crippen molar-refractivity contribution < 1.29 is 15.1 Å². The van der Waals surface area contributed by atoms with Crippen molar-refractivity contribution in [3.05, 3.63) is 54.2 Å². The van der Waals surface area contributed by atoms with Crippen LogP contribution < -0.4 is 4.74 Å². The fraction of sp³-hybridized carbons (Fsp3) is 0.167. The molecule has 1 aromatic heterocycles. The van der Waals surface area contributed by atoms with Crippen LogP contribution in [0.5, 0.6) is 11.5 Å². The Hall–Kier alpha value is -2.95. The molecular weight excluding hydrogens is 292 g/mol. The third kappa shape index (κ3) is 2.73. The number of aromatic hydroxyl groups is 1. The van der Waals surface area contributed by atoms with Gasteiger partial charge in [-0.1, -0.05) is 30.3 Å². The fourth-order valence-electron chi connectivity index (χ4n) is 2.47. The zero-order valence-electron chi connectivity index (χ0n) is 13.0. The first kappa shape index (κ1) is 15.0. The highest BCUT2D eigenvalue weighted by atomic mass is 16.5. The summed E-state index contributed by atoms with van der Waals surface area (Å²) >= 11 is 0. The average molecular weight is 310 g/mol. The molecule has 0 unspecified atom stereocenters. The van der Waals surface area contributed by atoms with E-state index >= 15 is 0 Å². The zero-order chi connectivity index (χ0) is 16.4. The van der Waals surface area contributed by atoms with Crippen LogP contribution in [0.1, 0.15) is 12.6 Å². The van der Waals surface area contributed by atoms with Gasteiger partial charge in [-0.3, -0.25) is 0 Å². The molecule has 0 aliphatic carbocycles. The number of aromatic nitrogens is 2. The molecule has 118 valence electrons. The van der Waals surface area contributed by atoms with Crippen molar-refractivity contribution in [2.45, 2.75) is 13.8 Å². The summed E-state index contributed by atoms with van der Waals surface area (Å²) in [4.78, 5) is 4.56. The Morgan fingerprint density at radius 3 is 2.52 bits per heavy atom. The van der Waals surface area contributed by atoms with E-state index in [9.17, 15) is 10.3 Å². The van der Waals surface area contributed by atoms with Crippen LogP contribution in [-0.2, 0) is 0 Å². The van der Waals surface area contributed by atoms with Gasteiger partial charge in [0.2, 0.25) is 0 Å². The summed E-state index contributed by atoms with van der Waals surface area (Å²) in [6.45, 7) is 4.10. The lowest BCUT2D eigenvalue weighted by Crippen LogP contribution is -1.97. The first-order valence-electron chi connectivity index (χ1n) is 7.42. The van der Waals surface area contributed by atoms with Gasteiger partial charge in [-0.15, -0.1) is 0 Å². The van der Waals surface area contributed by atoms with E-state index in [4.69, 9.17) is 4.74 Å². The van der Waals surface area contributed by atoms with Crippen molar-refractivity contribution >= 4 is 0 Å². The van der Waals surface area contributed by atoms with Crippen LogP contribution in [0.2, 0.25) is 0 Å². The SMILES string of the molecule is CCOc1cc(-c2nc(-c3ccccc3)c(C)n2O)ccc1O. The highest BCUT2D eigenvalue weighted by Crippen LogP contribution is 2.33. The topological polar surface area (TPSA) is 67.5 Å². The van der Waals surface area contributed by atoms with Crippen molar-refractivity contribution in [2.24, 2.45) is 0 Å². The molecule has 0 bridgehead atoms. The second-order valence-corrected chi connectivity index (χ2v) is 5.16. The summed E-state index contributed by atoms with van der Waals surface area (Å²) in [5.74, 6) is 0.834. The molecule has 0 fully saturated rings. The molecule has 23 heavy (non-hydrogen) atoms. The lowest BCUT2D eigenvalue weighted by molar-refractivity contribution is 0.184. The van der Waals surface area contributed by atoms with Gasteiger partial charge < -0.3 is 15.1 Å². The van der Waals surface area contributed by atoms with Gasteiger partial charge >= 0.3 is 0 Å². The van der Waals surface area contributed by atoms with E-state index < -0.39 is 0 Å². The largest absolute Gasteiger partial charge is 0.504 e. The van der Waals surface area contributed by atoms with Crippen LogP contribution in [0.15, 0.2) is 48.5 Å². The minimum absolute atomic E-state index is 0.0617. The number of ether oxygens (including phenoxy) is 1. The highest BCUT2D eigenvalue weighted by Gasteiger charge is 2.17. The molecule has 0 radical (unpaired) electrons. The molecule has 1 heterocycles. The number of phenols is 1. The number of imidazole rings is 1. The van der Waals surface area contributed by atoms with Crippen LogP contribution in [-0.4, -0.2) is 26.6 Å². The van der Waals surface area contributed by atoms with Gasteiger partial charge in [-0.2, -0.15) is 4.73 Å². The van der Waals surface area contributed by atoms with Crippen LogP contribution in [0.3, 0.4) is 0 Å². The van der Waals surface area contributed by atoms with E-state index in [2.05, 4.69) is 4.98 Å². The van der Waals surface area contributed by atoms with Crippen LogP contribution in [0.4, 0.5) is 0 Å². The molecule has 2 aromatic carbocycles. The summed E-state index contributed by atoms with van der Waals surface area (Å²) in [6, 6.07) is 14.6. The lowest BCUT2D eigenvalue weighted by atomic mass is 10.1. The number of rotatable bonds is 4. The van der Waals surface area contributed by atoms with Gasteiger partial charge in [-0.05, 0) is 32.0 Å². The first-order valence-corrected chi connectivity index (χ1v) is 7.42. The van der Waals surface area contributed by atoms with E-state index in [-0.39, 0.29) is 5.75 Å². The third-order valence-corrected chi connectivity index (χ3v) is 3.64. The standard InChI is InChI=1S/C18H18N2O3/c1-3-23-16-11-14(9-10-15(16)21)18-19-17(12(2)20(18)22)13-7-5-4-6-8-13/h4-11,21-22H,3H2,1-2H3. The van der Waals surface area contributed by atoms with Crippen LogP contribution >= 0.6 is 0 Å². The maximum Gasteiger partial charge on any atom is 0.176 e. The molecule has 0 spiro atoms. The molecule has 0 aliphatic heterocycles. The van der Waals surface area contributed by atoms with E-state index in [1.54, 1.807) is 12.1 Å². The van der Waals surface area contributed by atoms with Gasteiger partial charge in [0, 0.05) is 11.1 Å². The van der Waals surface area contributed by atoms with E-state index in [1.807, 2.05) is 44.2 Å². The van der Waals surface area contributed by atoms with Crippen molar-refractivity contribution in [2.75, 3.05) is 6.61 Å². The number of hydrogen-bond donors (Lipinski definition) is 2. The van der Waals surface area contributed by atoms with Gasteiger partial charge in [0.25, 0.3) is 0 Å². The summed E-state index contributed by atoms with van der Waals surface area (Å²) in [6.07, 6.45) is 0. The predicted octanol–water partition coefficient (Wildman–Crippen LogP) is 3.87. The maximum atomic E-state index is 10.4. The summed E-state index contributed by atoms with van der Waals surface area (Å²) in [5, 5.41) is 20.2. The molecule has 0 saturated carbocycles. The van der Waals surface area contributed by atoms with E-state index in [1.165, 1.54) is 6.07 Å². The smallest absolute Gasteiger partial charge is 0.176 e. The maximum absolute atomic E-state index is 10.4. The molecule has 2 N–H and O–H groups in total. The number of hydrogen-bond acceptors (Lipinski definition) is 4. The molecule has 3 aromatic rings. The van der Waals surface area contributed by atoms with E-state index in [0.29, 0.717) is 35.1 Å². The minimum atomic E-state index is 0.0617. The van der Waals surface area contributed by atoms with Gasteiger partial charge in [-0.25, -0.2) is 4.98 Å². The molecule has 0 saturated heterocycles. The summed E-state index contributed by atoms with van der Waals surface area (Å²) < 4.78 is 6.45. The molecule has 0 aliphatic rings. The highest BCUT2D eigenvalue weighted by molar-refractivity contribution is 5.69. The lowest BCUT2D eigenvalue weighted by Gasteiger charge is -2.08. The summed E-state index contributed by atoms with van der Waals surface area (Å²) in [7, 11) is 0. The van der Waals surface area contributed by atoms with Crippen molar-refractivity contribution in [1.82, 2.24) is 9.71 Å². The first-order chi connectivity index (χ1) is 11.1. The molecule has 5 heteroatoms. The Morgan fingerprint density at radius 2 is 1.83 bits per heavy atom. The zero-order valence-corrected chi connectivity index (χ0v) is 13.0. The van der Waals surface area contributed by atoms with Gasteiger partial charge in [0.05, 0.1) is 18.0 Å². The Kier molecular flexibility index (Phi) is 3.93. The molecular formula is C18H18N2O3. The van der Waals surface area contributed by atoms with Crippen LogP contribution in [0.25, 0.3) is 22.6 Å². The van der Waals surface area contributed by atoms with Crippen molar-refractivity contribution in [1.29, 1.82) is 0 Å². The van der Waals surface area contributed by atoms with Crippen molar-refractivity contribution in [3.63, 3.8) is 0 Å². The quantitative estimate of drug-likeness (QED) is 0.718. The Labute approximate surface area is 134 Å². The molecule has 0 amide bonds. The summed E-state index contributed by atoms with van der Waals surface area (Å²) in [5.41, 5.74) is 2.97. The molecule has 0 atom stereocenters. The average Bonchev–Trinajstić information content (AvgIpc) is 2.87. The number of phenolic OH excluding ortho intramolecular Hbond substituents is 1. The number of benzene rings is 2. The second-order valence-electron chi connectivity index (χ2n) is 5.16. The third-order valence-electron chi connectivity index (χ3n) is 3.64. The molecule has 5 nitrogen and oxygen atoms in total. The fourth-order valence-corrected chi connectivity index (χ4v) is 2.47. The second kappa shape index (κ2) is 6.04. The van der Waals surface area contributed by atoms with Gasteiger partial charge in [0.15, 0.2) is 17.3 Å². The predicted molar refractivity (Wildman–Crippen MR) is 87.9 cm³/mol. The monoisotopic (exact) mass is 310 g/mol. The Morgan fingerprint density at radius 1 is 1.09 bits per heavy atom. The van der Waals surface area contributed by atoms with E-state index in [0.717, 1.165) is 10.3 Å². The molecule has 3 rings (SSSR count). The van der Waals surface area contributed by atoms with Crippen molar-refractivity contribution in [3.8, 4) is 34.1 Å².